The van der Waals surface area contributed by atoms with E-state index in [2.05, 4.69) is 20.6 Å². The van der Waals surface area contributed by atoms with E-state index >= 15 is 0 Å². The summed E-state index contributed by atoms with van der Waals surface area (Å²) in [5.41, 5.74) is 5.68. The Morgan fingerprint density at radius 3 is 2.57 bits per heavy atom. The molecule has 0 atom stereocenters. The van der Waals surface area contributed by atoms with Crippen molar-refractivity contribution >= 4 is 17.5 Å². The van der Waals surface area contributed by atoms with E-state index < -0.39 is 11.7 Å². The van der Waals surface area contributed by atoms with Gasteiger partial charge >= 0.3 is 6.18 Å². The zero-order valence-corrected chi connectivity index (χ0v) is 12.1. The van der Waals surface area contributed by atoms with Crippen LogP contribution in [-0.4, -0.2) is 24.0 Å². The normalized spacial score (nSPS) is 12.0. The number of aliphatic imine (C=N–C) groups is 1. The van der Waals surface area contributed by atoms with Gasteiger partial charge in [-0.1, -0.05) is 18.2 Å². The monoisotopic (exact) mass is 323 g/mol. The Morgan fingerprint density at radius 2 is 1.87 bits per heavy atom. The lowest BCUT2D eigenvalue weighted by Gasteiger charge is -2.12. The second-order valence-electron chi connectivity index (χ2n) is 4.58. The van der Waals surface area contributed by atoms with E-state index in [4.69, 9.17) is 5.73 Å². The quantitative estimate of drug-likeness (QED) is 0.449. The summed E-state index contributed by atoms with van der Waals surface area (Å²) in [4.78, 5) is 7.74. The molecule has 0 amide bonds. The molecule has 8 heteroatoms. The minimum atomic E-state index is -4.45. The molecule has 122 valence electrons. The van der Waals surface area contributed by atoms with Crippen molar-refractivity contribution < 1.29 is 13.2 Å². The van der Waals surface area contributed by atoms with E-state index in [1.54, 1.807) is 0 Å². The number of hydrogen-bond donors (Lipinski definition) is 3. The van der Waals surface area contributed by atoms with E-state index in [-0.39, 0.29) is 24.9 Å². The molecule has 0 bridgehead atoms. The van der Waals surface area contributed by atoms with Crippen LogP contribution < -0.4 is 16.4 Å². The molecular weight excluding hydrogens is 307 g/mol. The highest BCUT2D eigenvalue weighted by atomic mass is 19.4. The van der Waals surface area contributed by atoms with Crippen LogP contribution in [0.5, 0.6) is 0 Å². The van der Waals surface area contributed by atoms with Gasteiger partial charge in [-0.15, -0.1) is 0 Å². The maximum atomic E-state index is 12.8. The van der Waals surface area contributed by atoms with Crippen LogP contribution in [0.1, 0.15) is 5.56 Å². The maximum Gasteiger partial charge on any atom is 0.419 e. The molecule has 0 aliphatic rings. The number of halogens is 3. The molecule has 0 radical (unpaired) electrons. The maximum absolute atomic E-state index is 12.8. The first kappa shape index (κ1) is 16.6. The lowest BCUT2D eigenvalue weighted by molar-refractivity contribution is -0.137. The van der Waals surface area contributed by atoms with E-state index in [9.17, 15) is 13.2 Å². The smallest absolute Gasteiger partial charge is 0.370 e. The number of nitrogens with two attached hydrogens (primary N) is 1. The number of guanidine groups is 1. The van der Waals surface area contributed by atoms with Gasteiger partial charge in [-0.2, -0.15) is 13.2 Å². The largest absolute Gasteiger partial charge is 0.419 e. The number of rotatable bonds is 5. The molecule has 5 nitrogen and oxygen atoms in total. The summed E-state index contributed by atoms with van der Waals surface area (Å²) in [6.07, 6.45) is -3.15. The van der Waals surface area contributed by atoms with Gasteiger partial charge in [-0.25, -0.2) is 4.98 Å². The summed E-state index contributed by atoms with van der Waals surface area (Å²) in [6, 6.07) is 11.4. The first-order valence-electron chi connectivity index (χ1n) is 6.85. The van der Waals surface area contributed by atoms with E-state index in [1.807, 2.05) is 30.3 Å². The average Bonchev–Trinajstić information content (AvgIpc) is 2.52. The van der Waals surface area contributed by atoms with Crippen molar-refractivity contribution in [2.24, 2.45) is 10.7 Å². The highest BCUT2D eigenvalue weighted by Crippen LogP contribution is 2.33. The number of benzene rings is 1. The summed E-state index contributed by atoms with van der Waals surface area (Å²) in [6.45, 7) is 0.386. The summed E-state index contributed by atoms with van der Waals surface area (Å²) in [5, 5.41) is 5.50. The zero-order chi connectivity index (χ0) is 16.7. The number of aromatic nitrogens is 1. The average molecular weight is 323 g/mol. The van der Waals surface area contributed by atoms with Crippen LogP contribution in [0.4, 0.5) is 24.7 Å². The Morgan fingerprint density at radius 1 is 1.13 bits per heavy atom. The highest BCUT2D eigenvalue weighted by Gasteiger charge is 2.33. The van der Waals surface area contributed by atoms with Gasteiger partial charge in [0.25, 0.3) is 0 Å². The summed E-state index contributed by atoms with van der Waals surface area (Å²) in [7, 11) is 0. The Hall–Kier alpha value is -2.77. The highest BCUT2D eigenvalue weighted by molar-refractivity contribution is 5.92. The van der Waals surface area contributed by atoms with Crippen molar-refractivity contribution in [3.05, 3.63) is 54.2 Å². The molecule has 0 fully saturated rings. The van der Waals surface area contributed by atoms with Gasteiger partial charge in [0.1, 0.15) is 5.82 Å². The molecule has 23 heavy (non-hydrogen) atoms. The molecule has 4 N–H and O–H groups in total. The van der Waals surface area contributed by atoms with Crippen molar-refractivity contribution in [3.63, 3.8) is 0 Å². The second kappa shape index (κ2) is 7.48. The molecule has 1 aromatic carbocycles. The summed E-state index contributed by atoms with van der Waals surface area (Å²) in [5.74, 6) is -0.0279. The fourth-order valence-corrected chi connectivity index (χ4v) is 1.83. The van der Waals surface area contributed by atoms with Crippen molar-refractivity contribution in [2.45, 2.75) is 6.18 Å². The number of pyridine rings is 1. The second-order valence-corrected chi connectivity index (χ2v) is 4.58. The minimum absolute atomic E-state index is 0.178. The van der Waals surface area contributed by atoms with Gasteiger partial charge in [-0.3, -0.25) is 4.99 Å². The van der Waals surface area contributed by atoms with Gasteiger partial charge in [0.2, 0.25) is 0 Å². The fraction of sp³-hybridized carbons (Fsp3) is 0.200. The number of hydrogen-bond acceptors (Lipinski definition) is 3. The molecule has 0 aliphatic carbocycles. The predicted molar refractivity (Wildman–Crippen MR) is 84.3 cm³/mol. The van der Waals surface area contributed by atoms with Crippen LogP contribution in [0.2, 0.25) is 0 Å². The molecule has 1 heterocycles. The van der Waals surface area contributed by atoms with E-state index in [0.717, 1.165) is 11.8 Å². The first-order valence-corrected chi connectivity index (χ1v) is 6.85. The third-order valence-corrected chi connectivity index (χ3v) is 2.85. The zero-order valence-electron chi connectivity index (χ0n) is 12.1. The van der Waals surface area contributed by atoms with E-state index in [1.165, 1.54) is 12.3 Å². The molecule has 0 saturated heterocycles. The van der Waals surface area contributed by atoms with Crippen LogP contribution in [0.15, 0.2) is 53.7 Å². The van der Waals surface area contributed by atoms with Crippen LogP contribution in [0, 0.1) is 0 Å². The Labute approximate surface area is 131 Å². The van der Waals surface area contributed by atoms with Gasteiger partial charge in [0.05, 0.1) is 12.1 Å². The Kier molecular flexibility index (Phi) is 5.40. The lowest BCUT2D eigenvalue weighted by atomic mass is 10.2. The van der Waals surface area contributed by atoms with Gasteiger partial charge < -0.3 is 16.4 Å². The molecule has 2 aromatic rings. The third kappa shape index (κ3) is 5.17. The number of anilines is 2. The molecule has 0 unspecified atom stereocenters. The van der Waals surface area contributed by atoms with Crippen LogP contribution in [0.25, 0.3) is 0 Å². The SMILES string of the molecule is NC(=NCCNc1ncccc1C(F)(F)F)Nc1ccccc1. The Bertz CT molecular complexity index is 656. The number of para-hydroxylation sites is 1. The number of nitrogens with one attached hydrogen (secondary N) is 2. The summed E-state index contributed by atoms with van der Waals surface area (Å²) >= 11 is 0. The number of nitrogens with zero attached hydrogens (tertiary/aromatic N) is 2. The Balaban J connectivity index is 1.87. The number of alkyl halides is 3. The van der Waals surface area contributed by atoms with Gasteiger partial charge in [0.15, 0.2) is 5.96 Å². The molecule has 0 aliphatic heterocycles. The molecule has 0 saturated carbocycles. The summed E-state index contributed by atoms with van der Waals surface area (Å²) < 4.78 is 38.4. The lowest BCUT2D eigenvalue weighted by Crippen LogP contribution is -2.24. The van der Waals surface area contributed by atoms with Crippen molar-refractivity contribution in [1.29, 1.82) is 0 Å². The van der Waals surface area contributed by atoms with Gasteiger partial charge in [-0.05, 0) is 24.3 Å². The first-order chi connectivity index (χ1) is 11.0. The topological polar surface area (TPSA) is 75.3 Å². The standard InChI is InChI=1S/C15H16F3N5/c16-15(17,18)12-7-4-8-20-13(12)21-9-10-22-14(19)23-11-5-2-1-3-6-11/h1-8H,9-10H2,(H,20,21)(H3,19,22,23). The van der Waals surface area contributed by atoms with Gasteiger partial charge in [0, 0.05) is 18.4 Å². The van der Waals surface area contributed by atoms with Crippen molar-refractivity contribution in [3.8, 4) is 0 Å². The van der Waals surface area contributed by atoms with Crippen LogP contribution in [-0.2, 0) is 6.18 Å². The molecule has 0 spiro atoms. The minimum Gasteiger partial charge on any atom is -0.370 e. The third-order valence-electron chi connectivity index (χ3n) is 2.85. The van der Waals surface area contributed by atoms with E-state index in [0.29, 0.717) is 0 Å². The molecular formula is C15H16F3N5. The predicted octanol–water partition coefficient (Wildman–Crippen LogP) is 2.94. The van der Waals surface area contributed by atoms with Crippen LogP contribution >= 0.6 is 0 Å². The van der Waals surface area contributed by atoms with Crippen LogP contribution in [0.3, 0.4) is 0 Å². The van der Waals surface area contributed by atoms with Crippen molar-refractivity contribution in [1.82, 2.24) is 4.98 Å². The molecule has 1 aromatic heterocycles. The fourth-order valence-electron chi connectivity index (χ4n) is 1.83. The van der Waals surface area contributed by atoms with Crippen molar-refractivity contribution in [2.75, 3.05) is 23.7 Å². The molecule has 2 rings (SSSR count).